The second-order valence-electron chi connectivity index (χ2n) is 5.29. The van der Waals surface area contributed by atoms with Crippen LogP contribution in [0.3, 0.4) is 0 Å². The van der Waals surface area contributed by atoms with Crippen LogP contribution in [0.2, 0.25) is 0 Å². The number of hydrogen-bond donors (Lipinski definition) is 2. The maximum atomic E-state index is 12.3. The van der Waals surface area contributed by atoms with Gasteiger partial charge >= 0.3 is 0 Å². The van der Waals surface area contributed by atoms with Crippen molar-refractivity contribution in [3.63, 3.8) is 0 Å². The molecular formula is C14H24N2O3S2. The molecule has 0 unspecified atom stereocenters. The number of sulfonamides is 1. The molecule has 1 saturated carbocycles. The van der Waals surface area contributed by atoms with Gasteiger partial charge in [0.25, 0.3) is 0 Å². The molecule has 5 nitrogen and oxygen atoms in total. The molecule has 0 radical (unpaired) electrons. The van der Waals surface area contributed by atoms with E-state index in [0.29, 0.717) is 11.5 Å². The van der Waals surface area contributed by atoms with Crippen molar-refractivity contribution >= 4 is 21.4 Å². The predicted molar refractivity (Wildman–Crippen MR) is 85.1 cm³/mol. The first-order valence-corrected chi connectivity index (χ1v) is 9.83. The molecule has 1 aliphatic carbocycles. The van der Waals surface area contributed by atoms with E-state index in [0.717, 1.165) is 37.2 Å². The number of nitrogens with one attached hydrogen (secondary N) is 2. The van der Waals surface area contributed by atoms with Crippen molar-refractivity contribution in [3.8, 4) is 0 Å². The van der Waals surface area contributed by atoms with Gasteiger partial charge in [-0.15, -0.1) is 11.3 Å². The van der Waals surface area contributed by atoms with E-state index in [-0.39, 0.29) is 12.1 Å². The largest absolute Gasteiger partial charge is 0.378 e. The van der Waals surface area contributed by atoms with Crippen molar-refractivity contribution in [1.82, 2.24) is 10.0 Å². The van der Waals surface area contributed by atoms with Crippen LogP contribution >= 0.6 is 11.3 Å². The molecule has 7 heteroatoms. The van der Waals surface area contributed by atoms with E-state index in [1.54, 1.807) is 11.4 Å². The van der Waals surface area contributed by atoms with Crippen LogP contribution in [0.5, 0.6) is 0 Å². The summed E-state index contributed by atoms with van der Waals surface area (Å²) in [5.41, 5.74) is 0. The van der Waals surface area contributed by atoms with E-state index in [4.69, 9.17) is 4.74 Å². The predicted octanol–water partition coefficient (Wildman–Crippen LogP) is 2.09. The Balaban J connectivity index is 1.85. The van der Waals surface area contributed by atoms with Gasteiger partial charge < -0.3 is 10.1 Å². The van der Waals surface area contributed by atoms with Gasteiger partial charge in [0.05, 0.1) is 11.0 Å². The molecule has 0 amide bonds. The van der Waals surface area contributed by atoms with Crippen LogP contribution in [0.25, 0.3) is 0 Å². The quantitative estimate of drug-likeness (QED) is 0.680. The third kappa shape index (κ3) is 4.75. The fraction of sp³-hybridized carbons (Fsp3) is 0.714. The van der Waals surface area contributed by atoms with Crippen molar-refractivity contribution in [1.29, 1.82) is 0 Å². The normalized spacial score (nSPS) is 22.2. The van der Waals surface area contributed by atoms with E-state index in [1.807, 2.05) is 6.92 Å². The first-order chi connectivity index (χ1) is 10.0. The van der Waals surface area contributed by atoms with Crippen LogP contribution in [-0.2, 0) is 21.3 Å². The van der Waals surface area contributed by atoms with E-state index in [1.165, 1.54) is 11.3 Å². The number of thiophene rings is 1. The summed E-state index contributed by atoms with van der Waals surface area (Å²) in [6.45, 7) is 6.41. The minimum atomic E-state index is -3.39. The monoisotopic (exact) mass is 332 g/mol. The smallest absolute Gasteiger partial charge is 0.241 e. The van der Waals surface area contributed by atoms with Gasteiger partial charge in [0.2, 0.25) is 10.0 Å². The molecular weight excluding hydrogens is 308 g/mol. The van der Waals surface area contributed by atoms with E-state index < -0.39 is 10.0 Å². The lowest BCUT2D eigenvalue weighted by molar-refractivity contribution is -0.00475. The van der Waals surface area contributed by atoms with Crippen molar-refractivity contribution in [3.05, 3.63) is 16.3 Å². The zero-order chi connectivity index (χ0) is 15.3. The van der Waals surface area contributed by atoms with Gasteiger partial charge in [-0.1, -0.05) is 6.92 Å². The Hall–Kier alpha value is -0.470. The molecule has 1 heterocycles. The van der Waals surface area contributed by atoms with Gasteiger partial charge in [0, 0.05) is 29.5 Å². The Bertz CT molecular complexity index is 536. The Morgan fingerprint density at radius 2 is 2.14 bits per heavy atom. The molecule has 1 aromatic heterocycles. The van der Waals surface area contributed by atoms with Crippen LogP contribution in [0.4, 0.5) is 0 Å². The first kappa shape index (κ1) is 16.9. The highest BCUT2D eigenvalue weighted by molar-refractivity contribution is 7.89. The first-order valence-electron chi connectivity index (χ1n) is 7.47. The number of ether oxygens (including phenoxy) is 1. The molecule has 0 bridgehead atoms. The number of hydrogen-bond acceptors (Lipinski definition) is 5. The van der Waals surface area contributed by atoms with Crippen molar-refractivity contribution in [2.45, 2.75) is 56.7 Å². The van der Waals surface area contributed by atoms with E-state index >= 15 is 0 Å². The second-order valence-corrected chi connectivity index (χ2v) is 8.00. The lowest BCUT2D eigenvalue weighted by Gasteiger charge is -2.34. The molecule has 1 aromatic rings. The standard InChI is InChI=1S/C14H24N2O3S2/c1-3-5-15-9-13-8-14(10-20-13)21(17,18)16-11-6-12(7-11)19-4-2/h8,10-12,15-16H,3-7,9H2,1-2H3. The summed E-state index contributed by atoms with van der Waals surface area (Å²) in [5, 5.41) is 4.99. The highest BCUT2D eigenvalue weighted by Crippen LogP contribution is 2.26. The Morgan fingerprint density at radius 3 is 2.81 bits per heavy atom. The molecule has 0 aromatic carbocycles. The average Bonchev–Trinajstić information content (AvgIpc) is 2.86. The molecule has 0 aliphatic heterocycles. The highest BCUT2D eigenvalue weighted by atomic mass is 32.2. The molecule has 2 N–H and O–H groups in total. The Labute approximate surface area is 131 Å². The maximum absolute atomic E-state index is 12.3. The summed E-state index contributed by atoms with van der Waals surface area (Å²) in [7, 11) is -3.39. The van der Waals surface area contributed by atoms with Gasteiger partial charge in [-0.2, -0.15) is 0 Å². The number of rotatable bonds is 9. The van der Waals surface area contributed by atoms with E-state index in [2.05, 4.69) is 17.0 Å². The minimum absolute atomic E-state index is 0.00752. The molecule has 0 atom stereocenters. The topological polar surface area (TPSA) is 67.4 Å². The Morgan fingerprint density at radius 1 is 1.38 bits per heavy atom. The Kier molecular flexibility index (Phi) is 6.19. The van der Waals surface area contributed by atoms with Gasteiger partial charge in [-0.3, -0.25) is 0 Å². The van der Waals surface area contributed by atoms with Crippen molar-refractivity contribution < 1.29 is 13.2 Å². The summed E-state index contributed by atoms with van der Waals surface area (Å²) < 4.78 is 32.8. The minimum Gasteiger partial charge on any atom is -0.378 e. The molecule has 0 spiro atoms. The van der Waals surface area contributed by atoms with Gasteiger partial charge in [0.15, 0.2) is 0 Å². The third-order valence-electron chi connectivity index (χ3n) is 3.49. The molecule has 1 fully saturated rings. The SMILES string of the molecule is CCCNCc1cc(S(=O)(=O)NC2CC(OCC)C2)cs1. The third-order valence-corrected chi connectivity index (χ3v) is 6.07. The van der Waals surface area contributed by atoms with E-state index in [9.17, 15) is 8.42 Å². The highest BCUT2D eigenvalue weighted by Gasteiger charge is 2.33. The molecule has 0 saturated heterocycles. The van der Waals surface area contributed by atoms with Crippen molar-refractivity contribution in [2.75, 3.05) is 13.2 Å². The zero-order valence-electron chi connectivity index (χ0n) is 12.6. The lowest BCUT2D eigenvalue weighted by atomic mass is 9.90. The molecule has 2 rings (SSSR count). The zero-order valence-corrected chi connectivity index (χ0v) is 14.2. The fourth-order valence-corrected chi connectivity index (χ4v) is 4.81. The van der Waals surface area contributed by atoms with Gasteiger partial charge in [-0.25, -0.2) is 13.1 Å². The summed E-state index contributed by atoms with van der Waals surface area (Å²) in [6, 6.07) is 1.77. The summed E-state index contributed by atoms with van der Waals surface area (Å²) in [5.74, 6) is 0. The second kappa shape index (κ2) is 7.69. The van der Waals surface area contributed by atoms with Crippen molar-refractivity contribution in [2.24, 2.45) is 0 Å². The average molecular weight is 332 g/mol. The van der Waals surface area contributed by atoms with Crippen LogP contribution in [0, 0.1) is 0 Å². The van der Waals surface area contributed by atoms with Gasteiger partial charge in [-0.05, 0) is 38.8 Å². The van der Waals surface area contributed by atoms with Gasteiger partial charge in [0.1, 0.15) is 0 Å². The van der Waals surface area contributed by atoms with Crippen LogP contribution in [-0.4, -0.2) is 33.7 Å². The van der Waals surface area contributed by atoms with Crippen LogP contribution in [0.15, 0.2) is 16.3 Å². The fourth-order valence-electron chi connectivity index (χ4n) is 2.30. The summed E-state index contributed by atoms with van der Waals surface area (Å²) in [4.78, 5) is 1.42. The van der Waals surface area contributed by atoms with Crippen LogP contribution < -0.4 is 10.0 Å². The van der Waals surface area contributed by atoms with Crippen LogP contribution in [0.1, 0.15) is 38.0 Å². The molecule has 120 valence electrons. The molecule has 1 aliphatic rings. The molecule has 21 heavy (non-hydrogen) atoms. The lowest BCUT2D eigenvalue weighted by Crippen LogP contribution is -2.47. The maximum Gasteiger partial charge on any atom is 0.241 e. The summed E-state index contributed by atoms with van der Waals surface area (Å²) >= 11 is 1.48. The summed E-state index contributed by atoms with van der Waals surface area (Å²) in [6.07, 6.45) is 2.81.